The molecule has 0 saturated carbocycles. The summed E-state index contributed by atoms with van der Waals surface area (Å²) >= 11 is 0. The van der Waals surface area contributed by atoms with Crippen LogP contribution < -0.4 is 4.89 Å². The Morgan fingerprint density at radius 2 is 2.07 bits per heavy atom. The number of rotatable bonds is 5. The van der Waals surface area contributed by atoms with E-state index in [0.29, 0.717) is 0 Å². The molecule has 0 aliphatic rings. The van der Waals surface area contributed by atoms with Crippen molar-refractivity contribution in [3.8, 4) is 0 Å². The van der Waals surface area contributed by atoms with Gasteiger partial charge in [-0.15, -0.1) is 4.52 Å². The first-order valence-electron chi connectivity index (χ1n) is 3.53. The van der Waals surface area contributed by atoms with Gasteiger partial charge >= 0.3 is 8.25 Å². The molecule has 0 radical (unpaired) electrons. The van der Waals surface area contributed by atoms with Crippen LogP contribution in [-0.2, 0) is 18.0 Å². The van der Waals surface area contributed by atoms with Crippen LogP contribution in [-0.4, -0.2) is 18.7 Å². The van der Waals surface area contributed by atoms with Crippen molar-refractivity contribution in [1.82, 2.24) is 0 Å². The summed E-state index contributed by atoms with van der Waals surface area (Å²) in [6.45, 7) is 4.60. The molecular formula is C6H13O6P2-. The van der Waals surface area contributed by atoms with E-state index in [0.717, 1.165) is 12.2 Å². The summed E-state index contributed by atoms with van der Waals surface area (Å²) < 4.78 is 29.9. The Morgan fingerprint density at radius 1 is 1.57 bits per heavy atom. The minimum atomic E-state index is -3.97. The molecule has 0 aromatic rings. The highest BCUT2D eigenvalue weighted by Gasteiger charge is 2.24. The van der Waals surface area contributed by atoms with Gasteiger partial charge in [-0.3, -0.25) is 0 Å². The number of hydrogen-bond acceptors (Lipinski definition) is 6. The maximum absolute atomic E-state index is 10.7. The lowest BCUT2D eigenvalue weighted by atomic mass is 10.3. The Hall–Kier alpha value is -0.0900. The summed E-state index contributed by atoms with van der Waals surface area (Å²) in [6.07, 6.45) is 1.67. The Balaban J connectivity index is 0. The third kappa shape index (κ3) is 11.9. The molecule has 0 rings (SSSR count). The maximum atomic E-state index is 10.7. The fourth-order valence-corrected chi connectivity index (χ4v) is 1.76. The molecule has 6 nitrogen and oxygen atoms in total. The average Bonchev–Trinajstić information content (AvgIpc) is 1.81. The smallest absolute Gasteiger partial charge is 0.702 e. The first kappa shape index (κ1) is 16.3. The molecule has 0 aliphatic heterocycles. The standard InChI is InChI=1S/C6H12O5P2.H2O/c1-6(2)4-5-10-12(7)11-13(3,8)9;/h4H,5H2,1-3H3;1H2/p-1. The van der Waals surface area contributed by atoms with Crippen molar-refractivity contribution >= 4 is 15.9 Å². The molecule has 0 saturated heterocycles. The zero-order valence-electron chi connectivity index (χ0n) is 8.17. The average molecular weight is 243 g/mol. The summed E-state index contributed by atoms with van der Waals surface area (Å²) in [6, 6.07) is 0. The predicted molar refractivity (Wildman–Crippen MR) is 49.5 cm³/mol. The van der Waals surface area contributed by atoms with Crippen molar-refractivity contribution in [2.75, 3.05) is 13.3 Å². The molecule has 0 fully saturated rings. The molecule has 0 bridgehead atoms. The lowest BCUT2D eigenvalue weighted by Crippen LogP contribution is -1.98. The normalized spacial score (nSPS) is 15.0. The molecule has 2 atom stereocenters. The van der Waals surface area contributed by atoms with Gasteiger partial charge in [-0.25, -0.2) is 0 Å². The quantitative estimate of drug-likeness (QED) is 0.536. The molecule has 0 aromatic heterocycles. The van der Waals surface area contributed by atoms with Gasteiger partial charge in [0.15, 0.2) is 7.60 Å². The number of hydrogen-bond donors (Lipinski definition) is 0. The Kier molecular flexibility index (Phi) is 8.45. The first-order valence-corrected chi connectivity index (χ1v) is 6.61. The maximum Gasteiger partial charge on any atom is 0.702 e. The van der Waals surface area contributed by atoms with Gasteiger partial charge in [0.05, 0.1) is 0 Å². The zero-order chi connectivity index (χ0) is 10.5. The van der Waals surface area contributed by atoms with Gasteiger partial charge in [-0.2, -0.15) is 0 Å². The fourth-order valence-electron chi connectivity index (χ4n) is 0.409. The topological polar surface area (TPSA) is 106 Å². The van der Waals surface area contributed by atoms with E-state index in [1.807, 2.05) is 13.8 Å². The van der Waals surface area contributed by atoms with Crippen LogP contribution in [0.2, 0.25) is 0 Å². The van der Waals surface area contributed by atoms with Crippen molar-refractivity contribution < 1.29 is 28.3 Å². The van der Waals surface area contributed by atoms with Crippen LogP contribution >= 0.6 is 15.9 Å². The molecule has 0 spiro atoms. The highest BCUT2D eigenvalue weighted by molar-refractivity contribution is 7.58. The van der Waals surface area contributed by atoms with E-state index in [1.165, 1.54) is 0 Å². The molecule has 2 unspecified atom stereocenters. The molecule has 8 heteroatoms. The summed E-state index contributed by atoms with van der Waals surface area (Å²) in [4.78, 5) is 10.5. The fraction of sp³-hybridized carbons (Fsp3) is 0.667. The molecule has 0 aliphatic carbocycles. The third-order valence-electron chi connectivity index (χ3n) is 0.887. The summed E-state index contributed by atoms with van der Waals surface area (Å²) in [7, 11) is -6.53. The Bertz CT molecular complexity index is 251. The number of allylic oxidation sites excluding steroid dienone is 1. The minimum Gasteiger partial charge on any atom is -0.870 e. The highest BCUT2D eigenvalue weighted by Crippen LogP contribution is 2.44. The predicted octanol–water partition coefficient (Wildman–Crippen LogP) is 1.65. The molecule has 1 N–H and O–H groups in total. The van der Waals surface area contributed by atoms with E-state index in [2.05, 4.69) is 8.83 Å². The Labute approximate surface area is 83.7 Å². The lowest BCUT2D eigenvalue weighted by molar-refractivity contribution is -0.189. The second-order valence-electron chi connectivity index (χ2n) is 2.65. The van der Waals surface area contributed by atoms with Crippen LogP contribution in [0, 0.1) is 0 Å². The molecular weight excluding hydrogens is 230 g/mol. The first-order chi connectivity index (χ1) is 5.81. The van der Waals surface area contributed by atoms with Crippen molar-refractivity contribution in [1.29, 1.82) is 0 Å². The van der Waals surface area contributed by atoms with Gasteiger partial charge in [-0.1, -0.05) is 16.0 Å². The lowest BCUT2D eigenvalue weighted by Gasteiger charge is -2.06. The SMILES string of the molecule is CC(C)=CCO[P+](=O)OP(C)(=O)[O-].[OH-]. The summed E-state index contributed by atoms with van der Waals surface area (Å²) in [5.41, 5.74) is 0.991. The van der Waals surface area contributed by atoms with Crippen molar-refractivity contribution in [2.24, 2.45) is 0 Å². The molecule has 0 aromatic carbocycles. The van der Waals surface area contributed by atoms with Crippen molar-refractivity contribution in [2.45, 2.75) is 13.8 Å². The van der Waals surface area contributed by atoms with E-state index in [9.17, 15) is 14.0 Å². The van der Waals surface area contributed by atoms with Crippen LogP contribution in [0.15, 0.2) is 11.6 Å². The van der Waals surface area contributed by atoms with Crippen LogP contribution in [0.1, 0.15) is 13.8 Å². The zero-order valence-corrected chi connectivity index (χ0v) is 9.96. The van der Waals surface area contributed by atoms with Crippen molar-refractivity contribution in [3.05, 3.63) is 11.6 Å². The van der Waals surface area contributed by atoms with E-state index in [4.69, 9.17) is 0 Å². The van der Waals surface area contributed by atoms with Gasteiger partial charge in [-0.05, 0) is 13.8 Å². The van der Waals surface area contributed by atoms with E-state index in [1.54, 1.807) is 6.08 Å². The van der Waals surface area contributed by atoms with E-state index in [-0.39, 0.29) is 12.1 Å². The van der Waals surface area contributed by atoms with Gasteiger partial charge < -0.3 is 14.9 Å². The highest BCUT2D eigenvalue weighted by atomic mass is 31.2. The van der Waals surface area contributed by atoms with Crippen molar-refractivity contribution in [3.63, 3.8) is 0 Å². The Morgan fingerprint density at radius 3 is 2.43 bits per heavy atom. The third-order valence-corrected chi connectivity index (χ3v) is 2.97. The van der Waals surface area contributed by atoms with Gasteiger partial charge in [0, 0.05) is 11.2 Å². The van der Waals surface area contributed by atoms with Crippen LogP contribution in [0.5, 0.6) is 0 Å². The van der Waals surface area contributed by atoms with E-state index < -0.39 is 15.9 Å². The molecule has 0 heterocycles. The van der Waals surface area contributed by atoms with Crippen LogP contribution in [0.3, 0.4) is 0 Å². The summed E-state index contributed by atoms with van der Waals surface area (Å²) in [5.74, 6) is 0. The molecule has 14 heavy (non-hydrogen) atoms. The second kappa shape index (κ2) is 7.23. The molecule has 84 valence electrons. The van der Waals surface area contributed by atoms with Gasteiger partial charge in [0.1, 0.15) is 6.61 Å². The monoisotopic (exact) mass is 243 g/mol. The van der Waals surface area contributed by atoms with Gasteiger partial charge in [0.25, 0.3) is 0 Å². The minimum absolute atomic E-state index is 0. The van der Waals surface area contributed by atoms with Gasteiger partial charge in [0.2, 0.25) is 0 Å². The second-order valence-corrected chi connectivity index (χ2v) is 5.56. The summed E-state index contributed by atoms with van der Waals surface area (Å²) in [5, 5.41) is 0. The van der Waals surface area contributed by atoms with E-state index >= 15 is 0 Å². The van der Waals surface area contributed by atoms with Crippen LogP contribution in [0.25, 0.3) is 0 Å². The molecule has 0 amide bonds. The van der Waals surface area contributed by atoms with Crippen LogP contribution in [0.4, 0.5) is 0 Å². The largest absolute Gasteiger partial charge is 0.870 e.